The Morgan fingerprint density at radius 3 is 2.75 bits per heavy atom. The van der Waals surface area contributed by atoms with E-state index in [0.29, 0.717) is 5.76 Å². The van der Waals surface area contributed by atoms with Crippen LogP contribution in [0.3, 0.4) is 0 Å². The van der Waals surface area contributed by atoms with E-state index in [0.717, 1.165) is 5.76 Å². The Labute approximate surface area is 70.3 Å². The normalized spacial score (nSPS) is 12.6. The minimum Gasteiger partial charge on any atom is -0.468 e. The molecule has 4 heteroatoms. The zero-order valence-corrected chi connectivity index (χ0v) is 7.03. The number of esters is 1. The topological polar surface area (TPSA) is 65.5 Å². The van der Waals surface area contributed by atoms with Crippen molar-refractivity contribution in [2.24, 2.45) is 5.73 Å². The van der Waals surface area contributed by atoms with Gasteiger partial charge < -0.3 is 14.9 Å². The largest absolute Gasteiger partial charge is 0.468 e. The molecule has 0 aliphatic heterocycles. The lowest BCUT2D eigenvalue weighted by Crippen LogP contribution is -2.21. The Bertz CT molecular complexity index is 280. The summed E-state index contributed by atoms with van der Waals surface area (Å²) < 4.78 is 9.59. The second-order valence-corrected chi connectivity index (χ2v) is 2.45. The van der Waals surface area contributed by atoms with Gasteiger partial charge in [0.15, 0.2) is 6.04 Å². The molecule has 0 bridgehead atoms. The van der Waals surface area contributed by atoms with Crippen molar-refractivity contribution in [1.82, 2.24) is 0 Å². The van der Waals surface area contributed by atoms with Crippen LogP contribution in [0.1, 0.15) is 17.6 Å². The fourth-order valence-corrected chi connectivity index (χ4v) is 0.864. The minimum atomic E-state index is -0.816. The SMILES string of the molecule is COC(=O)[C@H](N)c1ccc(C)o1. The lowest BCUT2D eigenvalue weighted by molar-refractivity contribution is -0.142. The predicted octanol–water partition coefficient (Wildman–Crippen LogP) is 0.761. The molecule has 0 amide bonds. The molecule has 0 saturated heterocycles. The minimum absolute atomic E-state index is 0.430. The third-order valence-electron chi connectivity index (χ3n) is 1.52. The molecule has 1 aromatic heterocycles. The van der Waals surface area contributed by atoms with Gasteiger partial charge in [-0.3, -0.25) is 0 Å². The van der Waals surface area contributed by atoms with Gasteiger partial charge >= 0.3 is 5.97 Å². The number of ether oxygens (including phenoxy) is 1. The molecule has 12 heavy (non-hydrogen) atoms. The first kappa shape index (κ1) is 8.80. The van der Waals surface area contributed by atoms with E-state index in [4.69, 9.17) is 10.2 Å². The van der Waals surface area contributed by atoms with Crippen LogP contribution >= 0.6 is 0 Å². The Hall–Kier alpha value is -1.29. The average molecular weight is 169 g/mol. The molecule has 0 fully saturated rings. The third kappa shape index (κ3) is 1.65. The molecule has 0 saturated carbocycles. The summed E-state index contributed by atoms with van der Waals surface area (Å²) in [7, 11) is 1.29. The molecule has 0 aromatic carbocycles. The van der Waals surface area contributed by atoms with Gasteiger partial charge in [0.1, 0.15) is 11.5 Å². The summed E-state index contributed by atoms with van der Waals surface area (Å²) in [5.41, 5.74) is 5.49. The highest BCUT2D eigenvalue weighted by Crippen LogP contribution is 2.14. The van der Waals surface area contributed by atoms with E-state index in [-0.39, 0.29) is 0 Å². The van der Waals surface area contributed by atoms with Gasteiger partial charge in [-0.25, -0.2) is 4.79 Å². The van der Waals surface area contributed by atoms with Crippen LogP contribution in [0.2, 0.25) is 0 Å². The molecule has 2 N–H and O–H groups in total. The average Bonchev–Trinajstić information content (AvgIpc) is 2.49. The van der Waals surface area contributed by atoms with Crippen LogP contribution in [0, 0.1) is 6.92 Å². The number of methoxy groups -OCH3 is 1. The molecule has 0 unspecified atom stereocenters. The zero-order chi connectivity index (χ0) is 9.14. The Balaban J connectivity index is 2.77. The van der Waals surface area contributed by atoms with Crippen molar-refractivity contribution < 1.29 is 13.9 Å². The molecule has 4 nitrogen and oxygen atoms in total. The molecular formula is C8H11NO3. The highest BCUT2D eigenvalue weighted by atomic mass is 16.5. The van der Waals surface area contributed by atoms with Gasteiger partial charge in [0.25, 0.3) is 0 Å². The van der Waals surface area contributed by atoms with E-state index < -0.39 is 12.0 Å². The standard InChI is InChI=1S/C8H11NO3/c1-5-3-4-6(12-5)7(9)8(10)11-2/h3-4,7H,9H2,1-2H3/t7-/m1/s1. The zero-order valence-electron chi connectivity index (χ0n) is 7.03. The fraction of sp³-hybridized carbons (Fsp3) is 0.375. The van der Waals surface area contributed by atoms with E-state index in [9.17, 15) is 4.79 Å². The van der Waals surface area contributed by atoms with Crippen LogP contribution < -0.4 is 5.73 Å². The van der Waals surface area contributed by atoms with Crippen LogP contribution in [0.25, 0.3) is 0 Å². The Kier molecular flexibility index (Phi) is 2.50. The Morgan fingerprint density at radius 1 is 1.67 bits per heavy atom. The molecule has 0 radical (unpaired) electrons. The molecule has 66 valence electrons. The highest BCUT2D eigenvalue weighted by molar-refractivity contribution is 5.76. The summed E-state index contributed by atoms with van der Waals surface area (Å²) in [4.78, 5) is 10.9. The summed E-state index contributed by atoms with van der Waals surface area (Å²) in [5.74, 6) is 0.660. The van der Waals surface area contributed by atoms with E-state index in [1.807, 2.05) is 0 Å². The summed E-state index contributed by atoms with van der Waals surface area (Å²) in [6, 6.07) is 2.60. The van der Waals surface area contributed by atoms with Crippen LogP contribution in [-0.4, -0.2) is 13.1 Å². The van der Waals surface area contributed by atoms with Crippen molar-refractivity contribution in [3.63, 3.8) is 0 Å². The van der Waals surface area contributed by atoms with Crippen molar-refractivity contribution in [3.05, 3.63) is 23.7 Å². The maximum atomic E-state index is 10.9. The molecule has 0 aliphatic carbocycles. The van der Waals surface area contributed by atoms with Crippen LogP contribution in [0.5, 0.6) is 0 Å². The van der Waals surface area contributed by atoms with Gasteiger partial charge in [-0.15, -0.1) is 0 Å². The van der Waals surface area contributed by atoms with Gasteiger partial charge in [0.05, 0.1) is 7.11 Å². The van der Waals surface area contributed by atoms with Gasteiger partial charge in [0.2, 0.25) is 0 Å². The molecule has 1 heterocycles. The van der Waals surface area contributed by atoms with Crippen molar-refractivity contribution in [3.8, 4) is 0 Å². The number of aryl methyl sites for hydroxylation is 1. The van der Waals surface area contributed by atoms with Crippen molar-refractivity contribution in [2.75, 3.05) is 7.11 Å². The van der Waals surface area contributed by atoms with Crippen molar-refractivity contribution in [2.45, 2.75) is 13.0 Å². The number of rotatable bonds is 2. The highest BCUT2D eigenvalue weighted by Gasteiger charge is 2.18. The molecule has 1 aromatic rings. The number of nitrogens with two attached hydrogens (primary N) is 1. The first-order valence-electron chi connectivity index (χ1n) is 3.55. The number of carbonyl (C=O) groups is 1. The predicted molar refractivity (Wildman–Crippen MR) is 42.4 cm³/mol. The molecule has 0 spiro atoms. The van der Waals surface area contributed by atoms with Crippen LogP contribution in [0.15, 0.2) is 16.5 Å². The molecule has 1 rings (SSSR count). The number of carbonyl (C=O) groups excluding carboxylic acids is 1. The van der Waals surface area contributed by atoms with E-state index in [1.54, 1.807) is 19.1 Å². The maximum Gasteiger partial charge on any atom is 0.330 e. The molecule has 1 atom stereocenters. The number of hydrogen-bond donors (Lipinski definition) is 1. The summed E-state index contributed by atoms with van der Waals surface area (Å²) in [6.45, 7) is 1.79. The second-order valence-electron chi connectivity index (χ2n) is 2.45. The van der Waals surface area contributed by atoms with Crippen LogP contribution in [-0.2, 0) is 9.53 Å². The van der Waals surface area contributed by atoms with Gasteiger partial charge in [-0.1, -0.05) is 0 Å². The van der Waals surface area contributed by atoms with E-state index in [1.165, 1.54) is 7.11 Å². The van der Waals surface area contributed by atoms with Gasteiger partial charge in [-0.05, 0) is 19.1 Å². The lowest BCUT2D eigenvalue weighted by atomic mass is 10.2. The Morgan fingerprint density at radius 2 is 2.33 bits per heavy atom. The number of furan rings is 1. The lowest BCUT2D eigenvalue weighted by Gasteiger charge is -2.04. The van der Waals surface area contributed by atoms with E-state index >= 15 is 0 Å². The van der Waals surface area contributed by atoms with Gasteiger partial charge in [-0.2, -0.15) is 0 Å². The summed E-state index contributed by atoms with van der Waals surface area (Å²) >= 11 is 0. The van der Waals surface area contributed by atoms with Crippen molar-refractivity contribution >= 4 is 5.97 Å². The summed E-state index contributed by atoms with van der Waals surface area (Å²) in [6.07, 6.45) is 0. The first-order chi connectivity index (χ1) is 5.65. The smallest absolute Gasteiger partial charge is 0.330 e. The monoisotopic (exact) mass is 169 g/mol. The summed E-state index contributed by atoms with van der Waals surface area (Å²) in [5, 5.41) is 0. The third-order valence-corrected chi connectivity index (χ3v) is 1.52. The second kappa shape index (κ2) is 3.40. The number of hydrogen-bond acceptors (Lipinski definition) is 4. The van der Waals surface area contributed by atoms with Gasteiger partial charge in [0, 0.05) is 0 Å². The quantitative estimate of drug-likeness (QED) is 0.664. The first-order valence-corrected chi connectivity index (χ1v) is 3.55. The van der Waals surface area contributed by atoms with E-state index in [2.05, 4.69) is 4.74 Å². The van der Waals surface area contributed by atoms with Crippen LogP contribution in [0.4, 0.5) is 0 Å². The fourth-order valence-electron chi connectivity index (χ4n) is 0.864. The van der Waals surface area contributed by atoms with Crippen molar-refractivity contribution in [1.29, 1.82) is 0 Å². The molecule has 0 aliphatic rings. The maximum absolute atomic E-state index is 10.9. The molecular weight excluding hydrogens is 158 g/mol.